The second-order valence-corrected chi connectivity index (χ2v) is 13.8. The summed E-state index contributed by atoms with van der Waals surface area (Å²) in [6.07, 6.45) is 23.5. The summed E-state index contributed by atoms with van der Waals surface area (Å²) in [5.41, 5.74) is 0. The molecule has 0 aromatic rings. The summed E-state index contributed by atoms with van der Waals surface area (Å²) in [6, 6.07) is 3.42. The Hall–Kier alpha value is -0.353. The summed E-state index contributed by atoms with van der Waals surface area (Å²) in [5, 5.41) is 9.24. The molecule has 1 N–H and O–H groups in total. The van der Waals surface area contributed by atoms with Crippen molar-refractivity contribution < 1.29 is 14.3 Å². The molecule has 0 aromatic heterocycles. The minimum Gasteiger partial charge on any atom is -0.519 e. The third-order valence-electron chi connectivity index (χ3n) is 6.60. The third-order valence-corrected chi connectivity index (χ3v) is 11.1. The van der Waals surface area contributed by atoms with Gasteiger partial charge in [-0.1, -0.05) is 136 Å². The summed E-state index contributed by atoms with van der Waals surface area (Å²) in [7, 11) is -2.06. The molecular weight excluding hydrogens is 400 g/mol. The van der Waals surface area contributed by atoms with Crippen LogP contribution in [0.5, 0.6) is 0 Å². The van der Waals surface area contributed by atoms with E-state index in [1.54, 1.807) is 0 Å². The summed E-state index contributed by atoms with van der Waals surface area (Å²) in [6.45, 7) is 6.70. The van der Waals surface area contributed by atoms with Crippen LogP contribution in [0.15, 0.2) is 0 Å². The Morgan fingerprint density at radius 1 is 0.581 bits per heavy atom. The highest BCUT2D eigenvalue weighted by Gasteiger charge is 2.36. The number of aliphatic hydroxyl groups is 1. The Kier molecular flexibility index (Phi) is 22.6. The molecule has 0 aliphatic heterocycles. The summed E-state index contributed by atoms with van der Waals surface area (Å²) in [4.78, 5) is 12.4. The van der Waals surface area contributed by atoms with Crippen molar-refractivity contribution in [3.05, 3.63) is 0 Å². The largest absolute Gasteiger partial charge is 0.519 e. The molecule has 186 valence electrons. The van der Waals surface area contributed by atoms with Crippen molar-refractivity contribution in [3.8, 4) is 0 Å². The molecule has 0 radical (unpaired) electrons. The highest BCUT2D eigenvalue weighted by atomic mass is 28.4. The molecule has 0 rings (SSSR count). The van der Waals surface area contributed by atoms with Gasteiger partial charge in [-0.25, -0.2) is 0 Å². The first kappa shape index (κ1) is 30.6. The molecule has 3 nitrogen and oxygen atoms in total. The molecule has 0 bridgehead atoms. The maximum Gasteiger partial charge on any atom is 0.294 e. The van der Waals surface area contributed by atoms with Crippen molar-refractivity contribution in [1.29, 1.82) is 0 Å². The first-order valence-corrected chi connectivity index (χ1v) is 16.5. The molecule has 0 spiro atoms. The first-order chi connectivity index (χ1) is 15.1. The topological polar surface area (TPSA) is 46.5 Å². The van der Waals surface area contributed by atoms with Crippen LogP contribution in [0.1, 0.15) is 143 Å². The van der Waals surface area contributed by atoms with Gasteiger partial charge < -0.3 is 9.53 Å². The van der Waals surface area contributed by atoms with Crippen LogP contribution in [0.4, 0.5) is 0 Å². The van der Waals surface area contributed by atoms with Crippen LogP contribution >= 0.6 is 0 Å². The van der Waals surface area contributed by atoms with Crippen LogP contribution in [0.3, 0.4) is 0 Å². The zero-order valence-corrected chi connectivity index (χ0v) is 22.5. The van der Waals surface area contributed by atoms with Gasteiger partial charge in [-0.2, -0.15) is 0 Å². The minimum atomic E-state index is -2.06. The van der Waals surface area contributed by atoms with E-state index in [2.05, 4.69) is 20.8 Å². The van der Waals surface area contributed by atoms with Crippen molar-refractivity contribution in [3.63, 3.8) is 0 Å². The van der Waals surface area contributed by atoms with Crippen molar-refractivity contribution in [1.82, 2.24) is 0 Å². The van der Waals surface area contributed by atoms with Crippen LogP contribution in [0.2, 0.25) is 18.1 Å². The lowest BCUT2D eigenvalue weighted by Gasteiger charge is -2.32. The molecule has 0 aromatic carbocycles. The van der Waals surface area contributed by atoms with E-state index in [-0.39, 0.29) is 19.0 Å². The fourth-order valence-corrected chi connectivity index (χ4v) is 8.92. The van der Waals surface area contributed by atoms with Crippen LogP contribution in [0.25, 0.3) is 0 Å². The van der Waals surface area contributed by atoms with E-state index < -0.39 is 8.32 Å². The van der Waals surface area contributed by atoms with Crippen LogP contribution in [-0.2, 0) is 9.22 Å². The van der Waals surface area contributed by atoms with Crippen molar-refractivity contribution in [2.45, 2.75) is 161 Å². The maximum atomic E-state index is 12.4. The lowest BCUT2D eigenvalue weighted by molar-refractivity contribution is -0.136. The van der Waals surface area contributed by atoms with Gasteiger partial charge >= 0.3 is 0 Å². The second kappa shape index (κ2) is 22.8. The van der Waals surface area contributed by atoms with E-state index in [4.69, 9.17) is 4.43 Å². The highest BCUT2D eigenvalue weighted by Crippen LogP contribution is 2.31. The van der Waals surface area contributed by atoms with Gasteiger partial charge in [0.15, 0.2) is 0 Å². The molecule has 0 atom stereocenters. The van der Waals surface area contributed by atoms with Gasteiger partial charge in [-0.3, -0.25) is 4.79 Å². The number of hydrogen-bond donors (Lipinski definition) is 1. The van der Waals surface area contributed by atoms with E-state index in [1.807, 2.05) is 0 Å². The van der Waals surface area contributed by atoms with Crippen molar-refractivity contribution in [2.75, 3.05) is 6.61 Å². The van der Waals surface area contributed by atoms with Gasteiger partial charge in [-0.05, 0) is 18.1 Å². The molecule has 0 amide bonds. The number of hydrogen-bond acceptors (Lipinski definition) is 3. The minimum absolute atomic E-state index is 0.0889. The van der Waals surface area contributed by atoms with Crippen LogP contribution in [-0.4, -0.2) is 26.0 Å². The standard InChI is InChI=1S/C27H56O3Si/c1-4-7-10-13-16-19-24-31(30-27(29)22-23-28,25-20-17-14-11-8-5-2)26-21-18-15-12-9-6-3/h28H,4-26H2,1-3H3. The van der Waals surface area contributed by atoms with Gasteiger partial charge in [-0.15, -0.1) is 0 Å². The maximum absolute atomic E-state index is 12.4. The van der Waals surface area contributed by atoms with Gasteiger partial charge in [0.1, 0.15) is 0 Å². The summed E-state index contributed by atoms with van der Waals surface area (Å²) in [5.74, 6) is -0.142. The zero-order chi connectivity index (χ0) is 23.0. The Morgan fingerprint density at radius 3 is 1.23 bits per heavy atom. The fraction of sp³-hybridized carbons (Fsp3) is 0.963. The molecular formula is C27H56O3Si. The first-order valence-electron chi connectivity index (χ1n) is 14.0. The fourth-order valence-electron chi connectivity index (χ4n) is 4.59. The molecule has 0 unspecified atom stereocenters. The number of aliphatic hydroxyl groups excluding tert-OH is 1. The monoisotopic (exact) mass is 456 g/mol. The number of carbonyl (C=O) groups is 1. The SMILES string of the molecule is CCCCCCCC[Si](CCCCCCCC)(CCCCCCCC)OC(=O)CCO. The quantitative estimate of drug-likeness (QED) is 0.116. The highest BCUT2D eigenvalue weighted by molar-refractivity contribution is 6.75. The van der Waals surface area contributed by atoms with E-state index in [0.29, 0.717) is 0 Å². The second-order valence-electron chi connectivity index (χ2n) is 9.68. The van der Waals surface area contributed by atoms with E-state index in [0.717, 1.165) is 18.1 Å². The Morgan fingerprint density at radius 2 is 0.903 bits per heavy atom. The predicted octanol–water partition coefficient (Wildman–Crippen LogP) is 8.94. The van der Waals surface area contributed by atoms with Crippen molar-refractivity contribution in [2.24, 2.45) is 0 Å². The molecule has 0 heterocycles. The zero-order valence-electron chi connectivity index (χ0n) is 21.5. The molecule has 0 saturated heterocycles. The number of unbranched alkanes of at least 4 members (excludes halogenated alkanes) is 15. The average molecular weight is 457 g/mol. The van der Waals surface area contributed by atoms with Gasteiger partial charge in [0.05, 0.1) is 13.0 Å². The lowest BCUT2D eigenvalue weighted by Crippen LogP contribution is -2.40. The molecule has 4 heteroatoms. The molecule has 31 heavy (non-hydrogen) atoms. The normalized spacial score (nSPS) is 11.7. The lowest BCUT2D eigenvalue weighted by atomic mass is 10.1. The number of rotatable bonds is 24. The molecule has 0 saturated carbocycles. The van der Waals surface area contributed by atoms with Gasteiger partial charge in [0.25, 0.3) is 14.3 Å². The number of carbonyl (C=O) groups excluding carboxylic acids is 1. The van der Waals surface area contributed by atoms with E-state index >= 15 is 0 Å². The molecule has 0 aliphatic carbocycles. The summed E-state index contributed by atoms with van der Waals surface area (Å²) >= 11 is 0. The Balaban J connectivity index is 4.82. The van der Waals surface area contributed by atoms with Crippen LogP contribution in [0, 0.1) is 0 Å². The van der Waals surface area contributed by atoms with E-state index in [9.17, 15) is 9.90 Å². The third kappa shape index (κ3) is 18.9. The van der Waals surface area contributed by atoms with Crippen molar-refractivity contribution >= 4 is 14.3 Å². The van der Waals surface area contributed by atoms with E-state index in [1.165, 1.54) is 116 Å². The molecule has 0 fully saturated rings. The van der Waals surface area contributed by atoms with Gasteiger partial charge in [0, 0.05) is 0 Å². The Bertz CT molecular complexity index is 346. The smallest absolute Gasteiger partial charge is 0.294 e. The average Bonchev–Trinajstić information content (AvgIpc) is 2.75. The molecule has 0 aliphatic rings. The van der Waals surface area contributed by atoms with Gasteiger partial charge in [0.2, 0.25) is 0 Å². The summed E-state index contributed by atoms with van der Waals surface area (Å²) < 4.78 is 6.30. The Labute approximate surface area is 196 Å². The van der Waals surface area contributed by atoms with Crippen LogP contribution < -0.4 is 0 Å². The predicted molar refractivity (Wildman–Crippen MR) is 138 cm³/mol.